The zero-order chi connectivity index (χ0) is 71.1. The van der Waals surface area contributed by atoms with Gasteiger partial charge in [-0.15, -0.1) is 0 Å². The molecule has 0 radical (unpaired) electrons. The summed E-state index contributed by atoms with van der Waals surface area (Å²) in [6, 6.07) is 0. The molecule has 0 bridgehead atoms. The molecule has 0 amide bonds. The van der Waals surface area contributed by atoms with Gasteiger partial charge < -0.3 is 28.5 Å². The van der Waals surface area contributed by atoms with Crippen LogP contribution in [-0.4, -0.2) is 87.4 Å². The summed E-state index contributed by atoms with van der Waals surface area (Å²) in [4.78, 5) is 37.8. The summed E-state index contributed by atoms with van der Waals surface area (Å²) in [5, 5.41) is 9.79. The van der Waals surface area contributed by atoms with Crippen molar-refractivity contribution in [3.63, 3.8) is 0 Å². The summed E-state index contributed by atoms with van der Waals surface area (Å²) in [5.41, 5.74) is 0. The van der Waals surface area contributed by atoms with E-state index in [4.69, 9.17) is 18.9 Å². The molecule has 0 aliphatic carbocycles. The first-order valence-electron chi connectivity index (χ1n) is 43.3. The fourth-order valence-electron chi connectivity index (χ4n) is 13.3. The lowest BCUT2D eigenvalue weighted by atomic mass is 10.0. The number of hydrogen-bond acceptors (Lipinski definition) is 7. The van der Waals surface area contributed by atoms with Gasteiger partial charge in [-0.25, -0.2) is 4.79 Å². The summed E-state index contributed by atoms with van der Waals surface area (Å²) in [6.45, 7) is 4.86. The molecule has 0 aliphatic rings. The van der Waals surface area contributed by atoms with E-state index in [-0.39, 0.29) is 38.2 Å². The van der Waals surface area contributed by atoms with Crippen LogP contribution in [0.5, 0.6) is 0 Å². The van der Waals surface area contributed by atoms with Crippen molar-refractivity contribution in [3.8, 4) is 0 Å². The lowest BCUT2D eigenvalue weighted by Gasteiger charge is -2.25. The minimum atomic E-state index is -1.51. The fraction of sp³-hybridized carbons (Fsp3) is 0.876. The number of carboxylic acid groups (broad SMARTS) is 1. The molecule has 0 heterocycles. The molecule has 0 saturated carbocycles. The van der Waals surface area contributed by atoms with E-state index < -0.39 is 18.4 Å². The molecular weight excluding hydrogens is 1210 g/mol. The van der Waals surface area contributed by atoms with Crippen LogP contribution in [0.15, 0.2) is 48.6 Å². The molecule has 9 nitrogen and oxygen atoms in total. The molecule has 9 heteroatoms. The quantitative estimate of drug-likeness (QED) is 0.0211. The van der Waals surface area contributed by atoms with E-state index in [0.29, 0.717) is 17.4 Å². The molecule has 1 N–H and O–H groups in total. The van der Waals surface area contributed by atoms with E-state index in [1.54, 1.807) is 0 Å². The van der Waals surface area contributed by atoms with Crippen LogP contribution >= 0.6 is 0 Å². The highest BCUT2D eigenvalue weighted by Gasteiger charge is 2.25. The highest BCUT2D eigenvalue weighted by molar-refractivity contribution is 5.71. The number of esters is 2. The largest absolute Gasteiger partial charge is 0.477 e. The van der Waals surface area contributed by atoms with Crippen LogP contribution in [0.1, 0.15) is 444 Å². The highest BCUT2D eigenvalue weighted by atomic mass is 16.7. The van der Waals surface area contributed by atoms with Gasteiger partial charge in [0.25, 0.3) is 6.29 Å². The Kier molecular flexibility index (Phi) is 77.7. The van der Waals surface area contributed by atoms with Crippen molar-refractivity contribution in [2.24, 2.45) is 0 Å². The predicted octanol–water partition coefficient (Wildman–Crippen LogP) is 28.0. The number of carboxylic acids is 1. The van der Waals surface area contributed by atoms with E-state index in [1.165, 1.54) is 353 Å². The molecule has 98 heavy (non-hydrogen) atoms. The van der Waals surface area contributed by atoms with Crippen molar-refractivity contribution in [1.29, 1.82) is 0 Å². The second kappa shape index (κ2) is 79.9. The molecule has 0 aromatic carbocycles. The van der Waals surface area contributed by atoms with Crippen molar-refractivity contribution in [3.05, 3.63) is 48.6 Å². The Morgan fingerprint density at radius 2 is 0.582 bits per heavy atom. The molecule has 0 aromatic rings. The molecule has 0 spiro atoms. The molecule has 0 saturated heterocycles. The maximum Gasteiger partial charge on any atom is 0.361 e. The molecule has 2 unspecified atom stereocenters. The highest BCUT2D eigenvalue weighted by Crippen LogP contribution is 2.21. The summed E-state index contributed by atoms with van der Waals surface area (Å²) in [7, 11) is 6.00. The molecular formula is C89H168NO8+. The fourth-order valence-corrected chi connectivity index (χ4v) is 13.3. The first kappa shape index (κ1) is 95.2. The maximum atomic E-state index is 13.0. The third-order valence-corrected chi connectivity index (χ3v) is 19.8. The topological polar surface area (TPSA) is 108 Å². The normalized spacial score (nSPS) is 12.8. The summed E-state index contributed by atoms with van der Waals surface area (Å²) in [5.74, 6) is -1.97. The Morgan fingerprint density at radius 1 is 0.316 bits per heavy atom. The van der Waals surface area contributed by atoms with Gasteiger partial charge in [-0.1, -0.05) is 428 Å². The lowest BCUT2D eigenvalue weighted by molar-refractivity contribution is -0.870. The van der Waals surface area contributed by atoms with Crippen LogP contribution in [0.25, 0.3) is 0 Å². The maximum absolute atomic E-state index is 13.0. The van der Waals surface area contributed by atoms with Crippen LogP contribution < -0.4 is 0 Å². The average Bonchev–Trinajstić information content (AvgIpc) is 1.38. The van der Waals surface area contributed by atoms with Gasteiger partial charge >= 0.3 is 17.9 Å². The van der Waals surface area contributed by atoms with E-state index in [0.717, 1.165) is 64.2 Å². The standard InChI is InChI=1S/C89H167NO8/c1-6-8-10-12-14-16-18-20-22-24-26-28-30-32-34-36-38-40-42-43-44-45-46-48-50-52-54-56-58-60-62-64-66-68-70-72-74-76-78-80-87(92)98-85(84-97-89(88(93)94)95-82-81-90(3,4)5)83-96-86(91)79-77-75-73-71-69-67-65-63-61-59-57-55-53-51-49-47-41-39-37-35-33-31-29-27-25-23-21-19-17-15-13-11-9-7-2/h8,10,14,16,20,22,26,28,85,89H,6-7,9,11-13,15,17-19,21,23-25,27,29-84H2,1-5H3/p+1/b10-8-,16-14-,22-20-,28-26-. The van der Waals surface area contributed by atoms with Crippen LogP contribution in [-0.2, 0) is 33.3 Å². The number of rotatable bonds is 82. The van der Waals surface area contributed by atoms with Crippen LogP contribution in [0.4, 0.5) is 0 Å². The van der Waals surface area contributed by atoms with Gasteiger partial charge in [0, 0.05) is 12.8 Å². The van der Waals surface area contributed by atoms with E-state index in [2.05, 4.69) is 62.5 Å². The van der Waals surface area contributed by atoms with Gasteiger partial charge in [0.2, 0.25) is 0 Å². The number of quaternary nitrogens is 1. The minimum Gasteiger partial charge on any atom is -0.477 e. The first-order chi connectivity index (χ1) is 48.1. The lowest BCUT2D eigenvalue weighted by Crippen LogP contribution is -2.40. The second-order valence-electron chi connectivity index (χ2n) is 30.8. The van der Waals surface area contributed by atoms with Crippen LogP contribution in [0, 0.1) is 0 Å². The van der Waals surface area contributed by atoms with Gasteiger partial charge in [0.15, 0.2) is 6.10 Å². The molecule has 0 aliphatic heterocycles. The summed E-state index contributed by atoms with van der Waals surface area (Å²) >= 11 is 0. The summed E-state index contributed by atoms with van der Waals surface area (Å²) < 4.78 is 23.1. The van der Waals surface area contributed by atoms with Gasteiger partial charge in [-0.05, 0) is 51.4 Å². The number of ether oxygens (including phenoxy) is 4. The second-order valence-corrected chi connectivity index (χ2v) is 30.8. The van der Waals surface area contributed by atoms with Crippen molar-refractivity contribution < 1.29 is 42.9 Å². The SMILES string of the molecule is CC/C=C\C/C=C\C/C=C\C/C=C\CCCCCCCCCCCCCCCCCCCCCCCCCCCCC(=O)OC(COC(=O)CCCCCCCCCCCCCCCCCCCCCCCCCCCCCCCCCCCC)COC(OCC[N+](C)(C)C)C(=O)O. The minimum absolute atomic E-state index is 0.174. The number of aliphatic carboxylic acids is 1. The van der Waals surface area contributed by atoms with Crippen LogP contribution in [0.3, 0.4) is 0 Å². The number of carbonyl (C=O) groups is 3. The third-order valence-electron chi connectivity index (χ3n) is 19.8. The Morgan fingerprint density at radius 3 is 0.867 bits per heavy atom. The van der Waals surface area contributed by atoms with Crippen molar-refractivity contribution >= 4 is 17.9 Å². The summed E-state index contributed by atoms with van der Waals surface area (Å²) in [6.07, 6.45) is 103. The number of carbonyl (C=O) groups excluding carboxylic acids is 2. The molecule has 0 fully saturated rings. The Bertz CT molecular complexity index is 1750. The molecule has 0 rings (SSSR count). The molecule has 576 valence electrons. The Balaban J connectivity index is 3.91. The number of unbranched alkanes of at least 4 members (excludes halogenated alkanes) is 59. The molecule has 0 aromatic heterocycles. The van der Waals surface area contributed by atoms with E-state index >= 15 is 0 Å². The van der Waals surface area contributed by atoms with E-state index in [9.17, 15) is 19.5 Å². The smallest absolute Gasteiger partial charge is 0.361 e. The van der Waals surface area contributed by atoms with Crippen molar-refractivity contribution in [2.75, 3.05) is 47.5 Å². The zero-order valence-electron chi connectivity index (χ0n) is 66.2. The number of nitrogens with zero attached hydrogens (tertiary/aromatic N) is 1. The number of hydrogen-bond donors (Lipinski definition) is 1. The Labute approximate surface area is 610 Å². The van der Waals surface area contributed by atoms with Gasteiger partial charge in [-0.3, -0.25) is 9.59 Å². The third kappa shape index (κ3) is 80.6. The van der Waals surface area contributed by atoms with Crippen molar-refractivity contribution in [2.45, 2.75) is 456 Å². The number of likely N-dealkylation sites (N-methyl/N-ethyl adjacent to an activating group) is 1. The van der Waals surface area contributed by atoms with E-state index in [1.807, 2.05) is 21.1 Å². The first-order valence-corrected chi connectivity index (χ1v) is 43.3. The number of allylic oxidation sites excluding steroid dienone is 8. The van der Waals surface area contributed by atoms with Gasteiger partial charge in [-0.2, -0.15) is 0 Å². The van der Waals surface area contributed by atoms with Crippen molar-refractivity contribution in [1.82, 2.24) is 0 Å². The molecule has 2 atom stereocenters. The van der Waals surface area contributed by atoms with Crippen LogP contribution in [0.2, 0.25) is 0 Å². The Hall–Kier alpha value is -2.75. The average molecular weight is 1380 g/mol. The predicted molar refractivity (Wildman–Crippen MR) is 424 cm³/mol. The monoisotopic (exact) mass is 1380 g/mol. The van der Waals surface area contributed by atoms with Gasteiger partial charge in [0.05, 0.1) is 34.4 Å². The zero-order valence-corrected chi connectivity index (χ0v) is 66.2. The van der Waals surface area contributed by atoms with Gasteiger partial charge in [0.1, 0.15) is 13.2 Å².